The van der Waals surface area contributed by atoms with Crippen LogP contribution in [0.25, 0.3) is 16.6 Å². The molecular weight excluding hydrogens is 374 g/mol. The van der Waals surface area contributed by atoms with Gasteiger partial charge in [0, 0.05) is 48.5 Å². The molecule has 0 aliphatic carbocycles. The fraction of sp³-hybridized carbons (Fsp3) is 0.273. The molecule has 0 unspecified atom stereocenters. The number of pyridine rings is 1. The van der Waals surface area contributed by atoms with E-state index in [4.69, 9.17) is 11.6 Å². The second-order valence-electron chi connectivity index (χ2n) is 6.96. The number of likely N-dealkylation sites (N-methyl/N-ethyl adjacent to an activating group) is 1. The lowest BCUT2D eigenvalue weighted by molar-refractivity contribution is -0.128. The minimum Gasteiger partial charge on any atom is -0.333 e. The molecule has 144 valence electrons. The number of hydrogen-bond acceptors (Lipinski definition) is 3. The van der Waals surface area contributed by atoms with Crippen molar-refractivity contribution >= 4 is 28.8 Å². The van der Waals surface area contributed by atoms with Gasteiger partial charge in [0.05, 0.1) is 0 Å². The van der Waals surface area contributed by atoms with Gasteiger partial charge in [-0.1, -0.05) is 36.7 Å². The molecule has 5 nitrogen and oxygen atoms in total. The van der Waals surface area contributed by atoms with E-state index in [2.05, 4.69) is 11.8 Å². The lowest BCUT2D eigenvalue weighted by Gasteiger charge is -2.33. The van der Waals surface area contributed by atoms with Gasteiger partial charge >= 0.3 is 0 Å². The Morgan fingerprint density at radius 1 is 1.00 bits per heavy atom. The van der Waals surface area contributed by atoms with E-state index < -0.39 is 11.7 Å². The Hall–Kier alpha value is -2.63. The number of benzene rings is 1. The highest BCUT2D eigenvalue weighted by atomic mass is 35.5. The number of fused-ring (bicyclic) bond motifs is 1. The summed E-state index contributed by atoms with van der Waals surface area (Å²) in [6, 6.07) is 15.0. The van der Waals surface area contributed by atoms with E-state index in [1.54, 1.807) is 21.4 Å². The molecule has 1 amide bonds. The highest BCUT2D eigenvalue weighted by molar-refractivity contribution is 6.43. The zero-order chi connectivity index (χ0) is 19.7. The van der Waals surface area contributed by atoms with Crippen molar-refractivity contribution in [2.75, 3.05) is 32.7 Å². The van der Waals surface area contributed by atoms with E-state index in [9.17, 15) is 9.59 Å². The Bertz CT molecular complexity index is 1020. The van der Waals surface area contributed by atoms with Gasteiger partial charge in [0.2, 0.25) is 0 Å². The normalized spacial score (nSPS) is 15.1. The monoisotopic (exact) mass is 395 g/mol. The van der Waals surface area contributed by atoms with Crippen molar-refractivity contribution in [2.24, 2.45) is 0 Å². The van der Waals surface area contributed by atoms with Crippen molar-refractivity contribution in [1.29, 1.82) is 0 Å². The minimum atomic E-state index is -0.471. The van der Waals surface area contributed by atoms with Crippen LogP contribution in [0.15, 0.2) is 54.7 Å². The van der Waals surface area contributed by atoms with E-state index in [1.165, 1.54) is 0 Å². The third kappa shape index (κ3) is 3.43. The van der Waals surface area contributed by atoms with Crippen molar-refractivity contribution in [3.63, 3.8) is 0 Å². The molecule has 3 heterocycles. The second-order valence-corrected chi connectivity index (χ2v) is 7.40. The largest absolute Gasteiger partial charge is 0.333 e. The number of ketones is 1. The number of nitrogens with zero attached hydrogens (tertiary/aromatic N) is 3. The number of halogens is 1. The van der Waals surface area contributed by atoms with Crippen molar-refractivity contribution in [3.8, 4) is 11.1 Å². The molecule has 1 fully saturated rings. The number of carbonyl (C=O) groups is 2. The molecule has 1 saturated heterocycles. The van der Waals surface area contributed by atoms with E-state index >= 15 is 0 Å². The van der Waals surface area contributed by atoms with Crippen LogP contribution in [0.2, 0.25) is 5.02 Å². The van der Waals surface area contributed by atoms with E-state index in [0.717, 1.165) is 36.3 Å². The Morgan fingerprint density at radius 2 is 1.71 bits per heavy atom. The molecule has 0 atom stereocenters. The lowest BCUT2D eigenvalue weighted by Crippen LogP contribution is -2.50. The summed E-state index contributed by atoms with van der Waals surface area (Å²) in [5.74, 6) is -0.907. The molecule has 2 aromatic heterocycles. The van der Waals surface area contributed by atoms with Gasteiger partial charge in [-0.15, -0.1) is 0 Å². The molecule has 0 spiro atoms. The lowest BCUT2D eigenvalue weighted by atomic mass is 10.0. The fourth-order valence-corrected chi connectivity index (χ4v) is 3.84. The molecule has 6 heteroatoms. The first-order valence-corrected chi connectivity index (χ1v) is 9.88. The van der Waals surface area contributed by atoms with Crippen LogP contribution in [0.5, 0.6) is 0 Å². The van der Waals surface area contributed by atoms with Crippen LogP contribution in [-0.4, -0.2) is 58.6 Å². The highest BCUT2D eigenvalue weighted by Crippen LogP contribution is 2.29. The first kappa shape index (κ1) is 18.7. The van der Waals surface area contributed by atoms with Gasteiger partial charge in [0.15, 0.2) is 0 Å². The Labute approximate surface area is 169 Å². The van der Waals surface area contributed by atoms with Gasteiger partial charge in [0.25, 0.3) is 11.7 Å². The van der Waals surface area contributed by atoms with Gasteiger partial charge in [0.1, 0.15) is 5.69 Å². The number of hydrogen-bond donors (Lipinski definition) is 0. The Morgan fingerprint density at radius 3 is 2.39 bits per heavy atom. The third-order valence-corrected chi connectivity index (χ3v) is 5.60. The summed E-state index contributed by atoms with van der Waals surface area (Å²) in [5.41, 5.74) is 2.88. The molecule has 0 saturated carbocycles. The summed E-state index contributed by atoms with van der Waals surface area (Å²) in [6.07, 6.45) is 1.82. The topological polar surface area (TPSA) is 45.0 Å². The predicted molar refractivity (Wildman–Crippen MR) is 111 cm³/mol. The zero-order valence-corrected chi connectivity index (χ0v) is 16.5. The molecule has 3 aromatic rings. The summed E-state index contributed by atoms with van der Waals surface area (Å²) in [6.45, 7) is 5.83. The predicted octanol–water partition coefficient (Wildman–Crippen LogP) is 3.61. The van der Waals surface area contributed by atoms with Crippen molar-refractivity contribution in [1.82, 2.24) is 14.2 Å². The fourth-order valence-electron chi connectivity index (χ4n) is 3.72. The summed E-state index contributed by atoms with van der Waals surface area (Å²) in [4.78, 5) is 30.2. The van der Waals surface area contributed by atoms with Crippen LogP contribution in [0, 0.1) is 0 Å². The Balaban J connectivity index is 1.72. The number of carbonyl (C=O) groups excluding carboxylic acids is 2. The molecule has 0 radical (unpaired) electrons. The summed E-state index contributed by atoms with van der Waals surface area (Å²) < 4.78 is 1.80. The second kappa shape index (κ2) is 7.78. The van der Waals surface area contributed by atoms with Crippen molar-refractivity contribution in [2.45, 2.75) is 6.92 Å². The number of rotatable bonds is 4. The van der Waals surface area contributed by atoms with Crippen LogP contribution < -0.4 is 0 Å². The average molecular weight is 396 g/mol. The number of piperazine rings is 1. The third-order valence-electron chi connectivity index (χ3n) is 5.35. The summed E-state index contributed by atoms with van der Waals surface area (Å²) >= 11 is 6.02. The maximum Gasteiger partial charge on any atom is 0.296 e. The van der Waals surface area contributed by atoms with Gasteiger partial charge < -0.3 is 14.2 Å². The molecule has 28 heavy (non-hydrogen) atoms. The van der Waals surface area contributed by atoms with Gasteiger partial charge in [-0.2, -0.15) is 0 Å². The standard InChI is InChI=1S/C22H22ClN3O2/c1-2-24-11-13-25(14-12-24)22(28)21(27)20-19(16-6-8-17(23)9-7-16)15-18-5-3-4-10-26(18)20/h3-10,15H,2,11-14H2,1H3. The van der Waals surface area contributed by atoms with Crippen LogP contribution in [0.1, 0.15) is 17.4 Å². The van der Waals surface area contributed by atoms with Gasteiger partial charge in [-0.25, -0.2) is 0 Å². The smallest absolute Gasteiger partial charge is 0.296 e. The number of Topliss-reactive ketones (excluding diaryl/α,β-unsaturated/α-hetero) is 1. The molecular formula is C22H22ClN3O2. The van der Waals surface area contributed by atoms with Crippen LogP contribution in [0.3, 0.4) is 0 Å². The molecule has 4 rings (SSSR count). The van der Waals surface area contributed by atoms with Gasteiger partial charge in [-0.05, 0) is 42.4 Å². The van der Waals surface area contributed by atoms with Crippen LogP contribution in [-0.2, 0) is 4.79 Å². The average Bonchev–Trinajstić information content (AvgIpc) is 3.12. The molecule has 0 N–H and O–H groups in total. The summed E-state index contributed by atoms with van der Waals surface area (Å²) in [5, 5.41) is 0.630. The molecule has 1 aliphatic heterocycles. The van der Waals surface area contributed by atoms with Crippen molar-refractivity contribution < 1.29 is 9.59 Å². The molecule has 1 aliphatic rings. The first-order valence-electron chi connectivity index (χ1n) is 9.50. The van der Waals surface area contributed by atoms with Crippen molar-refractivity contribution in [3.05, 3.63) is 65.4 Å². The SMILES string of the molecule is CCN1CCN(C(=O)C(=O)c2c(-c3ccc(Cl)cc3)cc3ccccn23)CC1. The quantitative estimate of drug-likeness (QED) is 0.500. The van der Waals surface area contributed by atoms with Gasteiger partial charge in [-0.3, -0.25) is 9.59 Å². The molecule has 0 bridgehead atoms. The zero-order valence-electron chi connectivity index (χ0n) is 15.8. The van der Waals surface area contributed by atoms with Crippen LogP contribution >= 0.6 is 11.6 Å². The first-order chi connectivity index (χ1) is 13.6. The minimum absolute atomic E-state index is 0.404. The number of amides is 1. The van der Waals surface area contributed by atoms with E-state index in [0.29, 0.717) is 23.8 Å². The maximum absolute atomic E-state index is 13.3. The van der Waals surface area contributed by atoms with Crippen LogP contribution in [0.4, 0.5) is 0 Å². The summed E-state index contributed by atoms with van der Waals surface area (Å²) in [7, 11) is 0. The highest BCUT2D eigenvalue weighted by Gasteiger charge is 2.30. The number of aromatic nitrogens is 1. The van der Waals surface area contributed by atoms with E-state index in [-0.39, 0.29) is 0 Å². The Kier molecular flexibility index (Phi) is 5.20. The maximum atomic E-state index is 13.3. The van der Waals surface area contributed by atoms with E-state index in [1.807, 2.05) is 42.6 Å². The molecule has 1 aromatic carbocycles.